The number of carbonyl (C=O) groups is 1. The molecule has 2 heterocycles. The van der Waals surface area contributed by atoms with Crippen molar-refractivity contribution < 1.29 is 9.53 Å². The van der Waals surface area contributed by atoms with Gasteiger partial charge in [0.15, 0.2) is 0 Å². The number of likely N-dealkylation sites (N-methyl/N-ethyl adjacent to an activating group) is 1. The summed E-state index contributed by atoms with van der Waals surface area (Å²) >= 11 is 0. The van der Waals surface area contributed by atoms with Gasteiger partial charge in [0.2, 0.25) is 5.91 Å². The third-order valence-electron chi connectivity index (χ3n) is 5.02. The predicted molar refractivity (Wildman–Crippen MR) is 71.4 cm³/mol. The molecule has 2 aliphatic rings. The number of likely N-dealkylation sites (tertiary alicyclic amines) is 1. The van der Waals surface area contributed by atoms with Gasteiger partial charge in [-0.05, 0) is 31.7 Å². The van der Waals surface area contributed by atoms with Crippen LogP contribution in [0, 0.1) is 11.3 Å². The van der Waals surface area contributed by atoms with Crippen LogP contribution in [0.25, 0.3) is 0 Å². The molecule has 4 nitrogen and oxygen atoms in total. The first-order chi connectivity index (χ1) is 8.65. The number of hydrogen-bond donors (Lipinski definition) is 1. The van der Waals surface area contributed by atoms with Crippen molar-refractivity contribution in [3.8, 4) is 0 Å². The molecule has 2 aliphatic heterocycles. The lowest BCUT2D eigenvalue weighted by Gasteiger charge is -2.28. The summed E-state index contributed by atoms with van der Waals surface area (Å²) in [6, 6.07) is 0.191. The maximum absolute atomic E-state index is 12.5. The fourth-order valence-corrected chi connectivity index (χ4v) is 3.27. The minimum atomic E-state index is 0.0134. The van der Waals surface area contributed by atoms with Gasteiger partial charge < -0.3 is 15.0 Å². The second-order valence-corrected chi connectivity index (χ2v) is 5.76. The van der Waals surface area contributed by atoms with Crippen LogP contribution in [-0.4, -0.2) is 50.2 Å². The Morgan fingerprint density at radius 3 is 2.67 bits per heavy atom. The van der Waals surface area contributed by atoms with E-state index in [1.807, 2.05) is 7.05 Å². The monoisotopic (exact) mass is 254 g/mol. The zero-order chi connectivity index (χ0) is 13.2. The molecule has 1 N–H and O–H groups in total. The minimum absolute atomic E-state index is 0.0134. The van der Waals surface area contributed by atoms with Crippen LogP contribution in [0.2, 0.25) is 0 Å². The molecule has 18 heavy (non-hydrogen) atoms. The van der Waals surface area contributed by atoms with Gasteiger partial charge in [-0.3, -0.25) is 4.79 Å². The Balaban J connectivity index is 1.99. The summed E-state index contributed by atoms with van der Waals surface area (Å²) in [4.78, 5) is 14.6. The molecule has 104 valence electrons. The van der Waals surface area contributed by atoms with E-state index in [0.717, 1.165) is 19.5 Å². The second-order valence-electron chi connectivity index (χ2n) is 5.76. The van der Waals surface area contributed by atoms with Crippen LogP contribution in [-0.2, 0) is 9.53 Å². The minimum Gasteiger partial charge on any atom is -0.379 e. The molecule has 0 aliphatic carbocycles. The molecule has 4 heteroatoms. The van der Waals surface area contributed by atoms with E-state index in [-0.39, 0.29) is 17.9 Å². The topological polar surface area (TPSA) is 41.6 Å². The van der Waals surface area contributed by atoms with E-state index in [2.05, 4.69) is 24.1 Å². The summed E-state index contributed by atoms with van der Waals surface area (Å²) < 4.78 is 5.44. The normalized spacial score (nSPS) is 30.9. The zero-order valence-corrected chi connectivity index (χ0v) is 11.9. The summed E-state index contributed by atoms with van der Waals surface area (Å²) in [5.74, 6) is 0.301. The van der Waals surface area contributed by atoms with Crippen molar-refractivity contribution in [2.24, 2.45) is 11.3 Å². The van der Waals surface area contributed by atoms with Gasteiger partial charge in [-0.25, -0.2) is 0 Å². The maximum atomic E-state index is 12.5. The van der Waals surface area contributed by atoms with Gasteiger partial charge in [0.05, 0.1) is 19.1 Å². The Kier molecular flexibility index (Phi) is 4.28. The third kappa shape index (κ3) is 2.41. The van der Waals surface area contributed by atoms with E-state index >= 15 is 0 Å². The number of nitrogens with one attached hydrogen (secondary N) is 1. The smallest absolute Gasteiger partial charge is 0.229 e. The number of nitrogens with zero attached hydrogens (tertiary/aromatic N) is 1. The molecule has 2 saturated heterocycles. The van der Waals surface area contributed by atoms with Gasteiger partial charge in [-0.1, -0.05) is 13.8 Å². The van der Waals surface area contributed by atoms with Crippen LogP contribution in [0.5, 0.6) is 0 Å². The molecule has 0 saturated carbocycles. The van der Waals surface area contributed by atoms with Crippen LogP contribution in [0.1, 0.15) is 33.1 Å². The second kappa shape index (κ2) is 5.57. The molecule has 1 amide bonds. The largest absolute Gasteiger partial charge is 0.379 e. The van der Waals surface area contributed by atoms with Crippen molar-refractivity contribution in [1.29, 1.82) is 0 Å². The van der Waals surface area contributed by atoms with Gasteiger partial charge >= 0.3 is 0 Å². The Bertz CT molecular complexity index is 302. The van der Waals surface area contributed by atoms with Crippen LogP contribution in [0.4, 0.5) is 0 Å². The van der Waals surface area contributed by atoms with Crippen molar-refractivity contribution in [3.63, 3.8) is 0 Å². The summed E-state index contributed by atoms with van der Waals surface area (Å²) in [5.41, 5.74) is 0.365. The van der Waals surface area contributed by atoms with E-state index < -0.39 is 0 Å². The molecule has 0 aromatic carbocycles. The van der Waals surface area contributed by atoms with Gasteiger partial charge in [0.1, 0.15) is 0 Å². The fraction of sp³-hybridized carbons (Fsp3) is 0.929. The summed E-state index contributed by atoms with van der Waals surface area (Å²) in [6.45, 7) is 7.58. The molecule has 0 bridgehead atoms. The Hall–Kier alpha value is -0.610. The molecule has 2 atom stereocenters. The number of amides is 1. The van der Waals surface area contributed by atoms with E-state index in [0.29, 0.717) is 18.6 Å². The average Bonchev–Trinajstić information content (AvgIpc) is 3.05. The highest BCUT2D eigenvalue weighted by Crippen LogP contribution is 2.37. The van der Waals surface area contributed by atoms with E-state index in [9.17, 15) is 4.79 Å². The molecule has 2 fully saturated rings. The van der Waals surface area contributed by atoms with Crippen LogP contribution >= 0.6 is 0 Å². The highest BCUT2D eigenvalue weighted by molar-refractivity contribution is 5.80. The molecule has 0 aromatic heterocycles. The van der Waals surface area contributed by atoms with E-state index in [1.165, 1.54) is 12.8 Å². The zero-order valence-electron chi connectivity index (χ0n) is 11.9. The molecular formula is C14H26N2O2. The predicted octanol–water partition coefficient (Wildman–Crippen LogP) is 1.26. The lowest BCUT2D eigenvalue weighted by molar-refractivity contribution is -0.135. The van der Waals surface area contributed by atoms with E-state index in [4.69, 9.17) is 4.74 Å². The lowest BCUT2D eigenvalue weighted by atomic mass is 9.82. The SMILES string of the molecule is CCC1(CC)CCN(C(=O)C2COCC2NC)C1. The van der Waals surface area contributed by atoms with Crippen molar-refractivity contribution in [2.75, 3.05) is 33.4 Å². The Morgan fingerprint density at radius 1 is 1.39 bits per heavy atom. The van der Waals surface area contributed by atoms with Gasteiger partial charge in [0, 0.05) is 19.1 Å². The van der Waals surface area contributed by atoms with Gasteiger partial charge in [-0.15, -0.1) is 0 Å². The van der Waals surface area contributed by atoms with E-state index in [1.54, 1.807) is 0 Å². The lowest BCUT2D eigenvalue weighted by Crippen LogP contribution is -2.44. The Morgan fingerprint density at radius 2 is 2.11 bits per heavy atom. The highest BCUT2D eigenvalue weighted by Gasteiger charge is 2.42. The molecule has 0 spiro atoms. The van der Waals surface area contributed by atoms with Crippen LogP contribution in [0.3, 0.4) is 0 Å². The molecule has 2 unspecified atom stereocenters. The van der Waals surface area contributed by atoms with Crippen molar-refractivity contribution >= 4 is 5.91 Å². The third-order valence-corrected chi connectivity index (χ3v) is 5.02. The average molecular weight is 254 g/mol. The first kappa shape index (κ1) is 13.8. The van der Waals surface area contributed by atoms with Crippen molar-refractivity contribution in [1.82, 2.24) is 10.2 Å². The number of rotatable bonds is 4. The Labute approximate surface area is 110 Å². The molecule has 2 rings (SSSR count). The standard InChI is InChI=1S/C14H26N2O2/c1-4-14(5-2)6-7-16(10-14)13(17)11-8-18-9-12(11)15-3/h11-12,15H,4-10H2,1-3H3. The van der Waals surface area contributed by atoms with Gasteiger partial charge in [0.25, 0.3) is 0 Å². The quantitative estimate of drug-likeness (QED) is 0.821. The highest BCUT2D eigenvalue weighted by atomic mass is 16.5. The summed E-state index contributed by atoms with van der Waals surface area (Å²) in [5, 5.41) is 3.19. The summed E-state index contributed by atoms with van der Waals surface area (Å²) in [7, 11) is 1.91. The molecule has 0 aromatic rings. The number of carbonyl (C=O) groups excluding carboxylic acids is 1. The first-order valence-electron chi connectivity index (χ1n) is 7.19. The summed E-state index contributed by atoms with van der Waals surface area (Å²) in [6.07, 6.45) is 3.50. The number of hydrogen-bond acceptors (Lipinski definition) is 3. The number of ether oxygens (including phenoxy) is 1. The molecule has 0 radical (unpaired) electrons. The maximum Gasteiger partial charge on any atom is 0.229 e. The van der Waals surface area contributed by atoms with Crippen molar-refractivity contribution in [2.45, 2.75) is 39.2 Å². The van der Waals surface area contributed by atoms with Gasteiger partial charge in [-0.2, -0.15) is 0 Å². The fourth-order valence-electron chi connectivity index (χ4n) is 3.27. The van der Waals surface area contributed by atoms with Crippen LogP contribution in [0.15, 0.2) is 0 Å². The van der Waals surface area contributed by atoms with Crippen LogP contribution < -0.4 is 5.32 Å². The first-order valence-corrected chi connectivity index (χ1v) is 7.19. The van der Waals surface area contributed by atoms with Crippen molar-refractivity contribution in [3.05, 3.63) is 0 Å². The molecular weight excluding hydrogens is 228 g/mol.